The van der Waals surface area contributed by atoms with E-state index in [1.165, 1.54) is 19.3 Å². The molecule has 2 N–H and O–H groups in total. The summed E-state index contributed by atoms with van der Waals surface area (Å²) in [4.78, 5) is 10.7. The first-order valence-corrected chi connectivity index (χ1v) is 6.17. The fraction of sp³-hybridized carbons (Fsp3) is 0.615. The van der Waals surface area contributed by atoms with Crippen LogP contribution in [0.25, 0.3) is 0 Å². The van der Waals surface area contributed by atoms with Gasteiger partial charge in [0.05, 0.1) is 0 Å². The van der Waals surface area contributed by atoms with E-state index in [0.717, 1.165) is 11.5 Å². The van der Waals surface area contributed by atoms with Crippen LogP contribution >= 0.6 is 0 Å². The van der Waals surface area contributed by atoms with Crippen LogP contribution in [-0.4, -0.2) is 17.1 Å². The summed E-state index contributed by atoms with van der Waals surface area (Å²) in [6.45, 7) is 4.71. The molecule has 0 radical (unpaired) electrons. The van der Waals surface area contributed by atoms with Crippen LogP contribution < -0.4 is 5.32 Å². The van der Waals surface area contributed by atoms with Crippen LogP contribution in [0, 0.1) is 12.8 Å². The Morgan fingerprint density at radius 1 is 1.65 bits per heavy atom. The molecule has 0 amide bonds. The van der Waals surface area contributed by atoms with Crippen molar-refractivity contribution in [2.75, 3.05) is 0 Å². The molecule has 0 aromatic carbocycles. The molecule has 17 heavy (non-hydrogen) atoms. The number of rotatable bonds is 6. The molecule has 2 atom stereocenters. The summed E-state index contributed by atoms with van der Waals surface area (Å²) in [5.41, 5.74) is 0.949. The molecule has 4 heteroatoms. The molecule has 2 rings (SSSR count). The van der Waals surface area contributed by atoms with Crippen LogP contribution in [0.1, 0.15) is 48.1 Å². The third kappa shape index (κ3) is 2.88. The van der Waals surface area contributed by atoms with E-state index in [1.807, 2.05) is 0 Å². The average Bonchev–Trinajstić information content (AvgIpc) is 2.90. The summed E-state index contributed by atoms with van der Waals surface area (Å²) >= 11 is 0. The van der Waals surface area contributed by atoms with Crippen LogP contribution in [-0.2, 0) is 6.54 Å². The minimum Gasteiger partial charge on any atom is -0.475 e. The minimum atomic E-state index is -1.00. The van der Waals surface area contributed by atoms with Crippen molar-refractivity contribution >= 4 is 5.97 Å². The van der Waals surface area contributed by atoms with Crippen LogP contribution in [0.15, 0.2) is 10.5 Å². The Bertz CT molecular complexity index is 411. The Labute approximate surface area is 101 Å². The van der Waals surface area contributed by atoms with Gasteiger partial charge in [0.2, 0.25) is 5.76 Å². The van der Waals surface area contributed by atoms with Gasteiger partial charge in [-0.25, -0.2) is 4.79 Å². The van der Waals surface area contributed by atoms with E-state index in [2.05, 4.69) is 12.2 Å². The predicted octanol–water partition coefficient (Wildman–Crippen LogP) is 2.56. The highest BCUT2D eigenvalue weighted by atomic mass is 16.4. The summed E-state index contributed by atoms with van der Waals surface area (Å²) in [5, 5.41) is 12.3. The third-order valence-electron chi connectivity index (χ3n) is 3.37. The van der Waals surface area contributed by atoms with Gasteiger partial charge >= 0.3 is 5.97 Å². The van der Waals surface area contributed by atoms with E-state index in [9.17, 15) is 4.79 Å². The van der Waals surface area contributed by atoms with E-state index in [4.69, 9.17) is 9.52 Å². The van der Waals surface area contributed by atoms with E-state index in [-0.39, 0.29) is 5.76 Å². The number of nitrogens with one attached hydrogen (secondary N) is 1. The van der Waals surface area contributed by atoms with Gasteiger partial charge < -0.3 is 14.8 Å². The largest absolute Gasteiger partial charge is 0.475 e. The first-order chi connectivity index (χ1) is 8.11. The zero-order valence-electron chi connectivity index (χ0n) is 10.3. The SMILES string of the molecule is CCCC1CC1NCc1cc(C(=O)O)oc1C. The van der Waals surface area contributed by atoms with Crippen LogP contribution in [0.2, 0.25) is 0 Å². The van der Waals surface area contributed by atoms with Crippen molar-refractivity contribution < 1.29 is 14.3 Å². The molecule has 1 aromatic heterocycles. The number of furan rings is 1. The summed E-state index contributed by atoms with van der Waals surface area (Å²) in [6.07, 6.45) is 3.76. The van der Waals surface area contributed by atoms with E-state index in [1.54, 1.807) is 13.0 Å². The van der Waals surface area contributed by atoms with Gasteiger partial charge in [0, 0.05) is 18.2 Å². The van der Waals surface area contributed by atoms with Gasteiger partial charge in [-0.05, 0) is 31.7 Å². The molecule has 0 spiro atoms. The lowest BCUT2D eigenvalue weighted by atomic mass is 10.2. The highest BCUT2D eigenvalue weighted by molar-refractivity contribution is 5.84. The molecule has 1 fully saturated rings. The molecule has 4 nitrogen and oxygen atoms in total. The Hall–Kier alpha value is -1.29. The number of carboxylic acids is 1. The van der Waals surface area contributed by atoms with Gasteiger partial charge in [0.1, 0.15) is 5.76 Å². The van der Waals surface area contributed by atoms with Crippen molar-refractivity contribution in [1.29, 1.82) is 0 Å². The number of carbonyl (C=O) groups is 1. The highest BCUT2D eigenvalue weighted by Gasteiger charge is 2.35. The monoisotopic (exact) mass is 237 g/mol. The second kappa shape index (κ2) is 4.92. The molecule has 0 bridgehead atoms. The summed E-state index contributed by atoms with van der Waals surface area (Å²) < 4.78 is 5.16. The van der Waals surface area contributed by atoms with Gasteiger partial charge in [0.15, 0.2) is 0 Å². The maximum absolute atomic E-state index is 10.7. The van der Waals surface area contributed by atoms with E-state index >= 15 is 0 Å². The zero-order chi connectivity index (χ0) is 12.4. The molecule has 94 valence electrons. The van der Waals surface area contributed by atoms with Crippen molar-refractivity contribution in [2.24, 2.45) is 5.92 Å². The topological polar surface area (TPSA) is 62.5 Å². The Morgan fingerprint density at radius 3 is 3.00 bits per heavy atom. The number of aromatic carboxylic acids is 1. The number of hydrogen-bond acceptors (Lipinski definition) is 3. The molecule has 2 unspecified atom stereocenters. The van der Waals surface area contributed by atoms with Crippen LogP contribution in [0.5, 0.6) is 0 Å². The van der Waals surface area contributed by atoms with Gasteiger partial charge in [-0.2, -0.15) is 0 Å². The molecule has 1 aliphatic carbocycles. The van der Waals surface area contributed by atoms with Crippen molar-refractivity contribution in [3.63, 3.8) is 0 Å². The first-order valence-electron chi connectivity index (χ1n) is 6.17. The number of aryl methyl sites for hydroxylation is 1. The molecule has 1 aromatic rings. The molecule has 0 aliphatic heterocycles. The second-order valence-corrected chi connectivity index (χ2v) is 4.77. The molecule has 1 heterocycles. The van der Waals surface area contributed by atoms with E-state index < -0.39 is 5.97 Å². The molecular weight excluding hydrogens is 218 g/mol. The van der Waals surface area contributed by atoms with Crippen molar-refractivity contribution in [1.82, 2.24) is 5.32 Å². The zero-order valence-corrected chi connectivity index (χ0v) is 10.3. The van der Waals surface area contributed by atoms with Crippen LogP contribution in [0.3, 0.4) is 0 Å². The van der Waals surface area contributed by atoms with Gasteiger partial charge in [-0.3, -0.25) is 0 Å². The van der Waals surface area contributed by atoms with Crippen molar-refractivity contribution in [3.8, 4) is 0 Å². The first kappa shape index (κ1) is 12.2. The van der Waals surface area contributed by atoms with E-state index in [0.29, 0.717) is 18.3 Å². The maximum atomic E-state index is 10.7. The Morgan fingerprint density at radius 2 is 2.41 bits per heavy atom. The smallest absolute Gasteiger partial charge is 0.371 e. The van der Waals surface area contributed by atoms with Crippen molar-refractivity contribution in [2.45, 2.75) is 45.7 Å². The normalized spacial score (nSPS) is 22.7. The predicted molar refractivity (Wildman–Crippen MR) is 64.0 cm³/mol. The van der Waals surface area contributed by atoms with Gasteiger partial charge in [-0.1, -0.05) is 13.3 Å². The third-order valence-corrected chi connectivity index (χ3v) is 3.37. The summed E-state index contributed by atoms with van der Waals surface area (Å²) in [7, 11) is 0. The molecular formula is C13H19NO3. The number of hydrogen-bond donors (Lipinski definition) is 2. The molecule has 1 saturated carbocycles. The Balaban J connectivity index is 1.85. The van der Waals surface area contributed by atoms with Crippen molar-refractivity contribution in [3.05, 3.63) is 23.2 Å². The average molecular weight is 237 g/mol. The highest BCUT2D eigenvalue weighted by Crippen LogP contribution is 2.34. The molecule has 0 saturated heterocycles. The summed E-state index contributed by atoms with van der Waals surface area (Å²) in [5.74, 6) is 0.531. The minimum absolute atomic E-state index is 0.0280. The maximum Gasteiger partial charge on any atom is 0.371 e. The lowest BCUT2D eigenvalue weighted by Crippen LogP contribution is -2.17. The van der Waals surface area contributed by atoms with Crippen LogP contribution in [0.4, 0.5) is 0 Å². The lowest BCUT2D eigenvalue weighted by Gasteiger charge is -2.02. The number of carboxylic acid groups (broad SMARTS) is 1. The fourth-order valence-electron chi connectivity index (χ4n) is 2.23. The van der Waals surface area contributed by atoms with Gasteiger partial charge in [-0.15, -0.1) is 0 Å². The second-order valence-electron chi connectivity index (χ2n) is 4.77. The Kier molecular flexibility index (Phi) is 3.52. The summed E-state index contributed by atoms with van der Waals surface area (Å²) in [6, 6.07) is 2.22. The standard InChI is InChI=1S/C13H19NO3/c1-3-4-9-5-11(9)14-7-10-6-12(13(15)16)17-8(10)2/h6,9,11,14H,3-5,7H2,1-2H3,(H,15,16). The lowest BCUT2D eigenvalue weighted by molar-refractivity contribution is 0.0661. The quantitative estimate of drug-likeness (QED) is 0.798. The molecule has 1 aliphatic rings. The van der Waals surface area contributed by atoms with Gasteiger partial charge in [0.25, 0.3) is 0 Å². The fourth-order valence-corrected chi connectivity index (χ4v) is 2.23.